The van der Waals surface area contributed by atoms with Gasteiger partial charge in [0, 0.05) is 0 Å². The van der Waals surface area contributed by atoms with E-state index in [1.807, 2.05) is 30.3 Å². The van der Waals surface area contributed by atoms with Crippen molar-refractivity contribution in [3.8, 4) is 17.2 Å². The van der Waals surface area contributed by atoms with E-state index in [1.54, 1.807) is 21.3 Å². The number of rotatable bonds is 6. The van der Waals surface area contributed by atoms with Crippen molar-refractivity contribution in [2.24, 2.45) is 0 Å². The molecule has 0 spiro atoms. The number of methoxy groups -OCH3 is 3. The topological polar surface area (TPSA) is 27.7 Å². The summed E-state index contributed by atoms with van der Waals surface area (Å²) < 4.78 is 17.3. The Morgan fingerprint density at radius 3 is 2.09 bits per heavy atom. The molecule has 0 aliphatic carbocycles. The van der Waals surface area contributed by atoms with Gasteiger partial charge in [-0.25, -0.2) is 0 Å². The summed E-state index contributed by atoms with van der Waals surface area (Å²) in [4.78, 5) is 0. The van der Waals surface area contributed by atoms with Gasteiger partial charge >= 0.3 is 138 Å². The zero-order valence-corrected chi connectivity index (χ0v) is 15.0. The van der Waals surface area contributed by atoms with Crippen LogP contribution in [0.1, 0.15) is 11.1 Å². The van der Waals surface area contributed by atoms with Crippen molar-refractivity contribution in [2.45, 2.75) is 5.82 Å². The second kappa shape index (κ2) is 7.39. The summed E-state index contributed by atoms with van der Waals surface area (Å²) in [7, 11) is 4.99. The molecule has 0 aromatic heterocycles. The maximum absolute atomic E-state index is 5.47. The van der Waals surface area contributed by atoms with Crippen LogP contribution in [0.5, 0.6) is 17.2 Å². The Morgan fingerprint density at radius 1 is 0.909 bits per heavy atom. The van der Waals surface area contributed by atoms with Gasteiger partial charge in [0.25, 0.3) is 0 Å². The molecule has 0 bridgehead atoms. The number of ether oxygens (including phenoxy) is 3. The summed E-state index contributed by atoms with van der Waals surface area (Å²) in [6.45, 7) is 4.23. The van der Waals surface area contributed by atoms with Crippen LogP contribution >= 0.6 is 0 Å². The maximum atomic E-state index is 5.47. The Balaban J connectivity index is 2.44. The van der Waals surface area contributed by atoms with Crippen molar-refractivity contribution < 1.29 is 14.2 Å². The van der Waals surface area contributed by atoms with Gasteiger partial charge in [-0.3, -0.25) is 0 Å². The quantitative estimate of drug-likeness (QED) is 0.738. The fourth-order valence-electron chi connectivity index (χ4n) is 2.21. The predicted octanol–water partition coefficient (Wildman–Crippen LogP) is 3.15. The van der Waals surface area contributed by atoms with Crippen molar-refractivity contribution in [1.82, 2.24) is 0 Å². The summed E-state index contributed by atoms with van der Waals surface area (Å²) in [6, 6.07) is 12.0. The van der Waals surface area contributed by atoms with E-state index in [9.17, 15) is 0 Å². The molecular weight excluding hydrogens is 343 g/mol. The molecule has 0 radical (unpaired) electrons. The van der Waals surface area contributed by atoms with E-state index >= 15 is 0 Å². The van der Waals surface area contributed by atoms with E-state index in [2.05, 4.69) is 18.5 Å². The Labute approximate surface area is 138 Å². The minimum absolute atomic E-state index is 0.300. The standard InChI is InChI=1S/C18H20O3Se/c1-12(13-6-8-15(19-2)9-7-13)14-10-16(20-3)18(21-4)17(11-14)22-5/h6-11H,1H2,2-5H3. The number of hydrogen-bond acceptors (Lipinski definition) is 3. The molecule has 0 saturated carbocycles. The molecule has 0 atom stereocenters. The normalized spacial score (nSPS) is 10.2. The molecule has 0 amide bonds. The first-order chi connectivity index (χ1) is 10.6. The summed E-state index contributed by atoms with van der Waals surface area (Å²) in [6.07, 6.45) is 0. The fourth-order valence-corrected chi connectivity index (χ4v) is 3.50. The van der Waals surface area contributed by atoms with Gasteiger partial charge in [0.15, 0.2) is 0 Å². The second-order valence-corrected chi connectivity index (χ2v) is 6.40. The molecule has 2 aromatic rings. The van der Waals surface area contributed by atoms with Crippen molar-refractivity contribution >= 4 is 25.0 Å². The van der Waals surface area contributed by atoms with E-state index in [4.69, 9.17) is 14.2 Å². The van der Waals surface area contributed by atoms with E-state index in [0.717, 1.165) is 33.9 Å². The van der Waals surface area contributed by atoms with Gasteiger partial charge in [0.1, 0.15) is 0 Å². The van der Waals surface area contributed by atoms with Crippen LogP contribution in [0.4, 0.5) is 0 Å². The van der Waals surface area contributed by atoms with Crippen molar-refractivity contribution in [1.29, 1.82) is 0 Å². The average Bonchev–Trinajstić information content (AvgIpc) is 2.59. The Kier molecular flexibility index (Phi) is 5.53. The summed E-state index contributed by atoms with van der Waals surface area (Å²) in [5.74, 6) is 4.55. The molecule has 3 nitrogen and oxygen atoms in total. The molecule has 0 saturated heterocycles. The van der Waals surface area contributed by atoms with Crippen LogP contribution in [0.15, 0.2) is 43.0 Å². The molecule has 0 heterocycles. The minimum atomic E-state index is 0.300. The van der Waals surface area contributed by atoms with Gasteiger partial charge < -0.3 is 0 Å². The summed E-state index contributed by atoms with van der Waals surface area (Å²) in [5.41, 5.74) is 3.05. The summed E-state index contributed by atoms with van der Waals surface area (Å²) >= 11 is 0.300. The van der Waals surface area contributed by atoms with E-state index in [0.29, 0.717) is 15.0 Å². The third kappa shape index (κ3) is 3.29. The average molecular weight is 363 g/mol. The van der Waals surface area contributed by atoms with Crippen LogP contribution in [0.25, 0.3) is 5.57 Å². The number of hydrogen-bond donors (Lipinski definition) is 0. The van der Waals surface area contributed by atoms with Crippen LogP contribution in [-0.4, -0.2) is 36.3 Å². The molecule has 0 aliphatic rings. The van der Waals surface area contributed by atoms with Crippen LogP contribution in [-0.2, 0) is 0 Å². The molecule has 2 aromatic carbocycles. The third-order valence-corrected chi connectivity index (χ3v) is 5.01. The van der Waals surface area contributed by atoms with Crippen LogP contribution in [0.3, 0.4) is 0 Å². The molecular formula is C18H20O3Se. The fraction of sp³-hybridized carbons (Fsp3) is 0.222. The molecule has 4 heteroatoms. The van der Waals surface area contributed by atoms with E-state index in [1.165, 1.54) is 4.46 Å². The van der Waals surface area contributed by atoms with Gasteiger partial charge in [-0.15, -0.1) is 0 Å². The molecule has 116 valence electrons. The zero-order valence-electron chi connectivity index (χ0n) is 13.3. The first-order valence-electron chi connectivity index (χ1n) is 6.78. The predicted molar refractivity (Wildman–Crippen MR) is 91.9 cm³/mol. The second-order valence-electron chi connectivity index (χ2n) is 4.62. The van der Waals surface area contributed by atoms with Gasteiger partial charge in [0.2, 0.25) is 0 Å². The third-order valence-electron chi connectivity index (χ3n) is 3.45. The van der Waals surface area contributed by atoms with Crippen molar-refractivity contribution in [3.63, 3.8) is 0 Å². The van der Waals surface area contributed by atoms with Crippen molar-refractivity contribution in [2.75, 3.05) is 21.3 Å². The monoisotopic (exact) mass is 364 g/mol. The molecule has 0 aliphatic heterocycles. The molecule has 0 unspecified atom stereocenters. The van der Waals surface area contributed by atoms with Crippen molar-refractivity contribution in [3.05, 3.63) is 54.1 Å². The van der Waals surface area contributed by atoms with Gasteiger partial charge in [-0.2, -0.15) is 0 Å². The zero-order chi connectivity index (χ0) is 16.1. The Bertz CT molecular complexity index is 638. The molecule has 0 N–H and O–H groups in total. The van der Waals surface area contributed by atoms with Crippen LogP contribution in [0, 0.1) is 0 Å². The first-order valence-corrected chi connectivity index (χ1v) is 9.35. The Morgan fingerprint density at radius 2 is 1.59 bits per heavy atom. The molecule has 22 heavy (non-hydrogen) atoms. The van der Waals surface area contributed by atoms with Gasteiger partial charge in [-0.1, -0.05) is 0 Å². The Hall–Kier alpha value is -1.90. The van der Waals surface area contributed by atoms with E-state index in [-0.39, 0.29) is 0 Å². The van der Waals surface area contributed by atoms with E-state index < -0.39 is 0 Å². The van der Waals surface area contributed by atoms with Gasteiger partial charge in [-0.05, 0) is 0 Å². The summed E-state index contributed by atoms with van der Waals surface area (Å²) in [5, 5.41) is 0. The SMILES string of the molecule is C=C(c1ccc(OC)cc1)c1cc(OC)c(OC)c([Se]C)c1. The van der Waals surface area contributed by atoms with Crippen LogP contribution < -0.4 is 18.7 Å². The van der Waals surface area contributed by atoms with Gasteiger partial charge in [0.05, 0.1) is 0 Å². The molecule has 0 fully saturated rings. The van der Waals surface area contributed by atoms with Crippen LogP contribution in [0.2, 0.25) is 5.82 Å². The first kappa shape index (κ1) is 16.5. The number of benzene rings is 2. The molecule has 2 rings (SSSR count).